The van der Waals surface area contributed by atoms with Crippen molar-refractivity contribution < 1.29 is 4.79 Å². The summed E-state index contributed by atoms with van der Waals surface area (Å²) in [6.07, 6.45) is 4.41. The van der Waals surface area contributed by atoms with Crippen molar-refractivity contribution in [3.8, 4) is 11.3 Å². The van der Waals surface area contributed by atoms with Crippen molar-refractivity contribution in [3.63, 3.8) is 0 Å². The molecular formula is C22H17N3O2. The molecule has 0 saturated heterocycles. The fraction of sp³-hybridized carbons (Fsp3) is 0.136. The van der Waals surface area contributed by atoms with Crippen LogP contribution in [0.2, 0.25) is 0 Å². The van der Waals surface area contributed by atoms with E-state index in [1.165, 1.54) is 0 Å². The van der Waals surface area contributed by atoms with Crippen molar-refractivity contribution in [2.24, 2.45) is 0 Å². The number of pyridine rings is 1. The normalized spacial score (nSPS) is 12.4. The first-order valence-electron chi connectivity index (χ1n) is 9.03. The fourth-order valence-corrected chi connectivity index (χ4v) is 3.97. The van der Waals surface area contributed by atoms with Crippen LogP contribution in [0.1, 0.15) is 22.3 Å². The number of rotatable bonds is 4. The number of benzene rings is 2. The molecule has 0 saturated carbocycles. The lowest BCUT2D eigenvalue weighted by Gasteiger charge is -2.15. The van der Waals surface area contributed by atoms with Gasteiger partial charge in [0, 0.05) is 47.4 Å². The highest BCUT2D eigenvalue weighted by Crippen LogP contribution is 2.39. The Hall–Kier alpha value is -3.47. The number of hydrogen-bond acceptors (Lipinski definition) is 3. The van der Waals surface area contributed by atoms with Gasteiger partial charge in [-0.25, -0.2) is 0 Å². The van der Waals surface area contributed by atoms with Gasteiger partial charge < -0.3 is 4.57 Å². The summed E-state index contributed by atoms with van der Waals surface area (Å²) < 4.78 is 3.62. The second kappa shape index (κ2) is 6.06. The van der Waals surface area contributed by atoms with Gasteiger partial charge >= 0.3 is 0 Å². The van der Waals surface area contributed by atoms with Crippen molar-refractivity contribution in [1.29, 1.82) is 0 Å². The molecule has 0 atom stereocenters. The number of aryl methyl sites for hydroxylation is 1. The van der Waals surface area contributed by atoms with Gasteiger partial charge in [-0.2, -0.15) is 5.10 Å². The predicted octanol–water partition coefficient (Wildman–Crippen LogP) is 3.50. The molecule has 27 heavy (non-hydrogen) atoms. The smallest absolute Gasteiger partial charge is 0.258 e. The van der Waals surface area contributed by atoms with E-state index in [9.17, 15) is 9.59 Å². The lowest BCUT2D eigenvalue weighted by atomic mass is 10.0. The molecule has 1 aliphatic carbocycles. The van der Waals surface area contributed by atoms with Crippen LogP contribution in [0, 0.1) is 0 Å². The molecule has 2 heterocycles. The Bertz CT molecular complexity index is 1240. The lowest BCUT2D eigenvalue weighted by Crippen LogP contribution is -2.24. The van der Waals surface area contributed by atoms with E-state index in [1.54, 1.807) is 16.8 Å². The van der Waals surface area contributed by atoms with Gasteiger partial charge in [-0.3, -0.25) is 14.3 Å². The van der Waals surface area contributed by atoms with Gasteiger partial charge in [-0.1, -0.05) is 42.5 Å². The van der Waals surface area contributed by atoms with E-state index in [1.807, 2.05) is 59.4 Å². The molecule has 0 N–H and O–H groups in total. The van der Waals surface area contributed by atoms with Crippen molar-refractivity contribution in [1.82, 2.24) is 14.3 Å². The summed E-state index contributed by atoms with van der Waals surface area (Å²) in [5.74, 6) is -0.00220. The fourth-order valence-electron chi connectivity index (χ4n) is 3.97. The molecule has 0 amide bonds. The van der Waals surface area contributed by atoms with Crippen LogP contribution in [-0.4, -0.2) is 20.1 Å². The maximum absolute atomic E-state index is 13.2. The van der Waals surface area contributed by atoms with Crippen molar-refractivity contribution in [2.45, 2.75) is 19.5 Å². The molecule has 5 rings (SSSR count). The summed E-state index contributed by atoms with van der Waals surface area (Å²) in [5, 5.41) is 5.55. The number of aromatic nitrogens is 3. The van der Waals surface area contributed by atoms with Crippen LogP contribution >= 0.6 is 0 Å². The average molecular weight is 355 g/mol. The maximum Gasteiger partial charge on any atom is 0.258 e. The quantitative estimate of drug-likeness (QED) is 0.496. The van der Waals surface area contributed by atoms with Crippen molar-refractivity contribution in [2.75, 3.05) is 0 Å². The van der Waals surface area contributed by atoms with E-state index in [0.29, 0.717) is 23.1 Å². The molecule has 0 bridgehead atoms. The van der Waals surface area contributed by atoms with Gasteiger partial charge in [0.25, 0.3) is 5.56 Å². The topological polar surface area (TPSA) is 56.9 Å². The first-order chi connectivity index (χ1) is 13.3. The minimum Gasteiger partial charge on any atom is -0.307 e. The summed E-state index contributed by atoms with van der Waals surface area (Å²) in [6.45, 7) is 1.25. The molecule has 0 aliphatic heterocycles. The van der Waals surface area contributed by atoms with E-state index in [0.717, 1.165) is 29.6 Å². The number of carbonyl (C=O) groups excluding carboxylic acids is 1. The zero-order chi connectivity index (χ0) is 18.4. The van der Waals surface area contributed by atoms with Gasteiger partial charge in [0.05, 0.1) is 11.3 Å². The lowest BCUT2D eigenvalue weighted by molar-refractivity contribution is 0.104. The number of ketones is 1. The Morgan fingerprint density at radius 2 is 1.56 bits per heavy atom. The molecule has 1 aliphatic rings. The number of fused-ring (bicyclic) bond motifs is 5. The van der Waals surface area contributed by atoms with Gasteiger partial charge in [0.15, 0.2) is 5.78 Å². The van der Waals surface area contributed by atoms with Crippen LogP contribution in [0.25, 0.3) is 22.0 Å². The molecule has 0 radical (unpaired) electrons. The third kappa shape index (κ3) is 2.35. The highest BCUT2D eigenvalue weighted by molar-refractivity contribution is 6.26. The van der Waals surface area contributed by atoms with Crippen LogP contribution in [0.3, 0.4) is 0 Å². The number of hydrogen-bond donors (Lipinski definition) is 0. The van der Waals surface area contributed by atoms with Gasteiger partial charge in [-0.15, -0.1) is 0 Å². The SMILES string of the molecule is O=C1c2ccccc2-c2c1c1ccccc1c(=O)n2CCCn1cccn1. The predicted molar refractivity (Wildman–Crippen MR) is 104 cm³/mol. The standard InChI is InChI=1S/C22H17N3O2/c26-21-17-9-3-2-8-16(17)20-19(21)15-7-1-4-10-18(15)22(27)25(20)14-6-13-24-12-5-11-23-24/h1-5,7-12H,6,13-14H2. The van der Waals surface area contributed by atoms with Crippen LogP contribution in [-0.2, 0) is 13.1 Å². The van der Waals surface area contributed by atoms with E-state index >= 15 is 0 Å². The zero-order valence-electron chi connectivity index (χ0n) is 14.6. The second-order valence-corrected chi connectivity index (χ2v) is 6.72. The maximum atomic E-state index is 13.2. The molecule has 0 fully saturated rings. The summed E-state index contributed by atoms with van der Waals surface area (Å²) >= 11 is 0. The summed E-state index contributed by atoms with van der Waals surface area (Å²) in [6, 6.07) is 16.8. The zero-order valence-corrected chi connectivity index (χ0v) is 14.6. The summed E-state index contributed by atoms with van der Waals surface area (Å²) in [4.78, 5) is 26.3. The monoisotopic (exact) mass is 355 g/mol. The van der Waals surface area contributed by atoms with Gasteiger partial charge in [0.2, 0.25) is 0 Å². The third-order valence-corrected chi connectivity index (χ3v) is 5.16. The second-order valence-electron chi connectivity index (χ2n) is 6.72. The Kier molecular flexibility index (Phi) is 3.53. The van der Waals surface area contributed by atoms with E-state index < -0.39 is 0 Å². The largest absolute Gasteiger partial charge is 0.307 e. The molecule has 2 aromatic carbocycles. The Morgan fingerprint density at radius 1 is 0.815 bits per heavy atom. The van der Waals surface area contributed by atoms with Crippen LogP contribution in [0.15, 0.2) is 71.8 Å². The minimum atomic E-state index is -0.0469. The molecule has 2 aromatic heterocycles. The molecule has 4 aromatic rings. The van der Waals surface area contributed by atoms with Crippen molar-refractivity contribution in [3.05, 3.63) is 88.5 Å². The van der Waals surface area contributed by atoms with Crippen LogP contribution < -0.4 is 5.56 Å². The molecule has 5 nitrogen and oxygen atoms in total. The minimum absolute atomic E-state index is 0.00220. The molecule has 0 unspecified atom stereocenters. The molecule has 0 spiro atoms. The number of nitrogens with zero attached hydrogens (tertiary/aromatic N) is 3. The third-order valence-electron chi connectivity index (χ3n) is 5.16. The first kappa shape index (κ1) is 15.8. The molecule has 5 heteroatoms. The van der Waals surface area contributed by atoms with Gasteiger partial charge in [0.1, 0.15) is 0 Å². The van der Waals surface area contributed by atoms with E-state index in [2.05, 4.69) is 5.10 Å². The van der Waals surface area contributed by atoms with Crippen LogP contribution in [0.5, 0.6) is 0 Å². The highest BCUT2D eigenvalue weighted by atomic mass is 16.1. The Labute approximate surface area is 155 Å². The molecular weight excluding hydrogens is 338 g/mol. The average Bonchev–Trinajstić information content (AvgIpc) is 3.32. The Morgan fingerprint density at radius 3 is 2.33 bits per heavy atom. The van der Waals surface area contributed by atoms with Gasteiger partial charge in [-0.05, 0) is 18.6 Å². The van der Waals surface area contributed by atoms with E-state index in [-0.39, 0.29) is 11.3 Å². The summed E-state index contributed by atoms with van der Waals surface area (Å²) in [5.41, 5.74) is 2.86. The van der Waals surface area contributed by atoms with E-state index in [4.69, 9.17) is 0 Å². The highest BCUT2D eigenvalue weighted by Gasteiger charge is 2.32. The first-order valence-corrected chi connectivity index (χ1v) is 9.03. The number of carbonyl (C=O) groups is 1. The summed E-state index contributed by atoms with van der Waals surface area (Å²) in [7, 11) is 0. The Balaban J connectivity index is 1.70. The molecule has 132 valence electrons. The van der Waals surface area contributed by atoms with Crippen LogP contribution in [0.4, 0.5) is 0 Å². The van der Waals surface area contributed by atoms with Crippen molar-refractivity contribution >= 4 is 16.6 Å².